The molecule has 2 rings (SSSR count). The van der Waals surface area contributed by atoms with Crippen molar-refractivity contribution in [1.82, 2.24) is 0 Å². The first-order chi connectivity index (χ1) is 8.41. The molecule has 1 aromatic rings. The van der Waals surface area contributed by atoms with E-state index in [2.05, 4.69) is 0 Å². The Morgan fingerprint density at radius 2 is 2.00 bits per heavy atom. The fourth-order valence-corrected chi connectivity index (χ4v) is 2.30. The van der Waals surface area contributed by atoms with Crippen LogP contribution in [0.15, 0.2) is 24.3 Å². The van der Waals surface area contributed by atoms with Gasteiger partial charge in [-0.25, -0.2) is 4.79 Å². The summed E-state index contributed by atoms with van der Waals surface area (Å²) >= 11 is 0. The number of benzene rings is 1. The fourth-order valence-electron chi connectivity index (χ4n) is 2.30. The Kier molecular flexibility index (Phi) is 3.19. The maximum absolute atomic E-state index is 13.0. The van der Waals surface area contributed by atoms with Crippen LogP contribution in [0.2, 0.25) is 0 Å². The van der Waals surface area contributed by atoms with Crippen LogP contribution in [0.5, 0.6) is 0 Å². The number of amides is 1. The lowest BCUT2D eigenvalue weighted by Crippen LogP contribution is -2.30. The van der Waals surface area contributed by atoms with Crippen molar-refractivity contribution in [2.75, 3.05) is 11.4 Å². The highest BCUT2D eigenvalue weighted by Crippen LogP contribution is 2.43. The van der Waals surface area contributed by atoms with Crippen molar-refractivity contribution in [3.8, 4) is 0 Å². The van der Waals surface area contributed by atoms with E-state index < -0.39 is 18.2 Å². The average Bonchev–Trinajstić information content (AvgIpc) is 2.47. The molecule has 1 aliphatic heterocycles. The van der Waals surface area contributed by atoms with Crippen molar-refractivity contribution in [2.45, 2.75) is 24.9 Å². The molecule has 0 fully saturated rings. The molecule has 1 heterocycles. The third-order valence-corrected chi connectivity index (χ3v) is 3.10. The Bertz CT molecular complexity index is 459. The second-order valence-corrected chi connectivity index (χ2v) is 4.23. The van der Waals surface area contributed by atoms with Gasteiger partial charge in [-0.3, -0.25) is 4.90 Å². The number of hydrogen-bond acceptors (Lipinski definition) is 1. The molecule has 0 aliphatic carbocycles. The van der Waals surface area contributed by atoms with Crippen LogP contribution in [0.1, 0.15) is 24.3 Å². The van der Waals surface area contributed by atoms with Gasteiger partial charge in [0.1, 0.15) is 0 Å². The van der Waals surface area contributed by atoms with E-state index in [4.69, 9.17) is 5.11 Å². The first-order valence-electron chi connectivity index (χ1n) is 5.57. The normalized spacial score (nSPS) is 20.2. The second-order valence-electron chi connectivity index (χ2n) is 4.23. The zero-order valence-corrected chi connectivity index (χ0v) is 9.44. The highest BCUT2D eigenvalue weighted by molar-refractivity contribution is 5.87. The van der Waals surface area contributed by atoms with Gasteiger partial charge < -0.3 is 5.11 Å². The van der Waals surface area contributed by atoms with E-state index in [1.54, 1.807) is 6.07 Å². The smallest absolute Gasteiger partial charge is 0.411 e. The zero-order valence-electron chi connectivity index (χ0n) is 9.44. The first kappa shape index (κ1) is 12.7. The van der Waals surface area contributed by atoms with Gasteiger partial charge in [0.05, 0.1) is 11.6 Å². The molecular weight excluding hydrogens is 247 g/mol. The number of carboxylic acid groups (broad SMARTS) is 1. The molecule has 0 saturated heterocycles. The largest absolute Gasteiger partial charge is 0.465 e. The minimum atomic E-state index is -4.34. The van der Waals surface area contributed by atoms with Gasteiger partial charge in [0, 0.05) is 6.54 Å². The highest BCUT2D eigenvalue weighted by Gasteiger charge is 2.43. The third kappa shape index (κ3) is 2.27. The van der Waals surface area contributed by atoms with Gasteiger partial charge in [-0.1, -0.05) is 18.2 Å². The van der Waals surface area contributed by atoms with Gasteiger partial charge in [-0.05, 0) is 24.5 Å². The van der Waals surface area contributed by atoms with Gasteiger partial charge in [0.15, 0.2) is 0 Å². The van der Waals surface area contributed by atoms with Crippen molar-refractivity contribution in [1.29, 1.82) is 0 Å². The number of alkyl halides is 3. The second kappa shape index (κ2) is 4.51. The van der Waals surface area contributed by atoms with E-state index in [0.717, 1.165) is 4.90 Å². The van der Waals surface area contributed by atoms with E-state index in [9.17, 15) is 18.0 Å². The molecule has 0 radical (unpaired) electrons. The number of halogens is 3. The van der Waals surface area contributed by atoms with Crippen LogP contribution >= 0.6 is 0 Å². The number of carbonyl (C=O) groups is 1. The maximum atomic E-state index is 13.0. The zero-order chi connectivity index (χ0) is 13.3. The molecule has 6 heteroatoms. The highest BCUT2D eigenvalue weighted by atomic mass is 19.4. The minimum absolute atomic E-state index is 0.0462. The van der Waals surface area contributed by atoms with Gasteiger partial charge in [-0.2, -0.15) is 13.2 Å². The Morgan fingerprint density at radius 3 is 2.61 bits per heavy atom. The van der Waals surface area contributed by atoms with Gasteiger partial charge >= 0.3 is 12.3 Å². The lowest BCUT2D eigenvalue weighted by molar-refractivity contribution is -0.151. The van der Waals surface area contributed by atoms with E-state index in [1.165, 1.54) is 18.2 Å². The van der Waals surface area contributed by atoms with Crippen LogP contribution in [0.3, 0.4) is 0 Å². The van der Waals surface area contributed by atoms with Crippen LogP contribution in [0.4, 0.5) is 23.7 Å². The Hall–Kier alpha value is -1.72. The number of nitrogens with zero attached hydrogens (tertiary/aromatic N) is 1. The SMILES string of the molecule is O=C(O)N1CCCC(C(F)(F)F)c2ccccc21. The van der Waals surface area contributed by atoms with Crippen molar-refractivity contribution in [3.63, 3.8) is 0 Å². The summed E-state index contributed by atoms with van der Waals surface area (Å²) in [6.45, 7) is 0.0962. The minimum Gasteiger partial charge on any atom is -0.465 e. The summed E-state index contributed by atoms with van der Waals surface area (Å²) < 4.78 is 38.9. The predicted molar refractivity (Wildman–Crippen MR) is 59.8 cm³/mol. The summed E-state index contributed by atoms with van der Waals surface area (Å²) in [5, 5.41) is 9.04. The summed E-state index contributed by atoms with van der Waals surface area (Å²) in [6, 6.07) is 5.83. The number of anilines is 1. The topological polar surface area (TPSA) is 40.5 Å². The molecule has 0 aromatic heterocycles. The molecular formula is C12H12F3NO2. The molecule has 0 bridgehead atoms. The number of para-hydroxylation sites is 1. The molecule has 1 aliphatic rings. The van der Waals surface area contributed by atoms with Gasteiger partial charge in [0.2, 0.25) is 0 Å². The lowest BCUT2D eigenvalue weighted by atomic mass is 9.93. The summed E-state index contributed by atoms with van der Waals surface area (Å²) in [5.41, 5.74) is 0.190. The molecule has 18 heavy (non-hydrogen) atoms. The van der Waals surface area contributed by atoms with E-state index in [1.807, 2.05) is 0 Å². The van der Waals surface area contributed by atoms with E-state index in [0.29, 0.717) is 0 Å². The quantitative estimate of drug-likeness (QED) is 0.773. The molecule has 98 valence electrons. The van der Waals surface area contributed by atoms with Crippen molar-refractivity contribution < 1.29 is 23.1 Å². The van der Waals surface area contributed by atoms with Crippen molar-refractivity contribution >= 4 is 11.8 Å². The Balaban J connectivity index is 2.51. The number of fused-ring (bicyclic) bond motifs is 1. The van der Waals surface area contributed by atoms with Crippen LogP contribution in [-0.2, 0) is 0 Å². The summed E-state index contributed by atoms with van der Waals surface area (Å²) in [7, 11) is 0. The van der Waals surface area contributed by atoms with E-state index >= 15 is 0 Å². The molecule has 1 atom stereocenters. The summed E-state index contributed by atoms with van der Waals surface area (Å²) in [6.07, 6.45) is -5.44. The summed E-state index contributed by atoms with van der Waals surface area (Å²) in [4.78, 5) is 12.1. The van der Waals surface area contributed by atoms with Crippen LogP contribution in [0.25, 0.3) is 0 Å². The average molecular weight is 259 g/mol. The third-order valence-electron chi connectivity index (χ3n) is 3.10. The molecule has 1 aromatic carbocycles. The molecule has 3 nitrogen and oxygen atoms in total. The molecule has 1 unspecified atom stereocenters. The summed E-state index contributed by atoms with van der Waals surface area (Å²) in [5.74, 6) is -1.59. The lowest BCUT2D eigenvalue weighted by Gasteiger charge is -2.22. The van der Waals surface area contributed by atoms with Crippen LogP contribution < -0.4 is 4.90 Å². The van der Waals surface area contributed by atoms with Crippen molar-refractivity contribution in [2.24, 2.45) is 0 Å². The van der Waals surface area contributed by atoms with Gasteiger partial charge in [0.25, 0.3) is 0 Å². The molecule has 1 N–H and O–H groups in total. The fraction of sp³-hybridized carbons (Fsp3) is 0.417. The first-order valence-corrected chi connectivity index (χ1v) is 5.57. The van der Waals surface area contributed by atoms with Crippen molar-refractivity contribution in [3.05, 3.63) is 29.8 Å². The molecule has 1 amide bonds. The van der Waals surface area contributed by atoms with Crippen LogP contribution in [-0.4, -0.2) is 23.9 Å². The number of hydrogen-bond donors (Lipinski definition) is 1. The Labute approximate surface area is 102 Å². The van der Waals surface area contributed by atoms with Gasteiger partial charge in [-0.15, -0.1) is 0 Å². The number of rotatable bonds is 0. The van der Waals surface area contributed by atoms with Crippen LogP contribution in [0, 0.1) is 0 Å². The maximum Gasteiger partial charge on any atom is 0.411 e. The monoisotopic (exact) mass is 259 g/mol. The molecule has 0 saturated carbocycles. The standard InChI is InChI=1S/C12H12F3NO2/c13-12(14,15)9-5-3-7-16(11(17)18)10-6-2-1-4-8(9)10/h1-2,4,6,9H,3,5,7H2,(H,17,18). The predicted octanol–water partition coefficient (Wildman–Crippen LogP) is 3.61. The Morgan fingerprint density at radius 1 is 1.33 bits per heavy atom. The molecule has 0 spiro atoms. The van der Waals surface area contributed by atoms with E-state index in [-0.39, 0.29) is 30.6 Å².